The molecule has 0 saturated carbocycles. The predicted octanol–water partition coefficient (Wildman–Crippen LogP) is 5.39. The van der Waals surface area contributed by atoms with Gasteiger partial charge < -0.3 is 14.9 Å². The van der Waals surface area contributed by atoms with E-state index in [0.717, 1.165) is 28.3 Å². The van der Waals surface area contributed by atoms with E-state index < -0.39 is 0 Å². The van der Waals surface area contributed by atoms with Crippen LogP contribution in [0.5, 0.6) is 11.5 Å². The van der Waals surface area contributed by atoms with Crippen LogP contribution in [0.4, 0.5) is 0 Å². The van der Waals surface area contributed by atoms with Gasteiger partial charge in [0.2, 0.25) is 0 Å². The molecule has 2 heterocycles. The van der Waals surface area contributed by atoms with Crippen molar-refractivity contribution in [2.75, 3.05) is 6.61 Å². The molecule has 0 bridgehead atoms. The summed E-state index contributed by atoms with van der Waals surface area (Å²) in [5, 5.41) is 2.19. The van der Waals surface area contributed by atoms with Gasteiger partial charge in [-0.15, -0.1) is 0 Å². The van der Waals surface area contributed by atoms with Crippen molar-refractivity contribution < 1.29 is 9.47 Å². The number of rotatable bonds is 4. The molecule has 3 aromatic rings. The summed E-state index contributed by atoms with van der Waals surface area (Å²) >= 11 is 0. The molecule has 0 radical (unpaired) electrons. The highest BCUT2D eigenvalue weighted by molar-refractivity contribution is 5.68. The van der Waals surface area contributed by atoms with E-state index in [1.807, 2.05) is 25.1 Å². The molecular formula is C25H24N2O2. The van der Waals surface area contributed by atoms with Crippen LogP contribution in [0.25, 0.3) is 5.70 Å². The number of hydrazine groups is 1. The summed E-state index contributed by atoms with van der Waals surface area (Å²) in [6.07, 6.45) is 2.07. The minimum Gasteiger partial charge on any atom is -0.494 e. The van der Waals surface area contributed by atoms with Gasteiger partial charge in [-0.2, -0.15) is 5.01 Å². The van der Waals surface area contributed by atoms with Crippen molar-refractivity contribution in [1.82, 2.24) is 10.4 Å². The second-order valence-electron chi connectivity index (χ2n) is 7.42. The third-order valence-corrected chi connectivity index (χ3v) is 5.44. The second kappa shape index (κ2) is 7.30. The SMILES string of the molecule is CCOc1ccc(C2=CC3c4ccccc4OC(c4ccc(C)cc4)N3N2)cc1. The molecule has 4 heteroatoms. The molecule has 0 aromatic heterocycles. The summed E-state index contributed by atoms with van der Waals surface area (Å²) in [6.45, 7) is 4.77. The standard InChI is InChI=1S/C25H24N2O2/c1-3-28-20-14-12-18(13-15-20)22-16-23-21-6-4-5-7-24(21)29-25(27(23)26-22)19-10-8-17(2)9-11-19/h4-16,23,25-26H,3H2,1-2H3. The molecule has 0 saturated heterocycles. The molecule has 1 N–H and O–H groups in total. The number of hydrogen-bond acceptors (Lipinski definition) is 4. The van der Waals surface area contributed by atoms with Crippen LogP contribution in [-0.4, -0.2) is 11.6 Å². The van der Waals surface area contributed by atoms with Crippen LogP contribution < -0.4 is 14.9 Å². The molecule has 2 aliphatic heterocycles. The lowest BCUT2D eigenvalue weighted by atomic mass is 10.0. The van der Waals surface area contributed by atoms with Gasteiger partial charge in [0.05, 0.1) is 18.3 Å². The van der Waals surface area contributed by atoms with Gasteiger partial charge in [0.15, 0.2) is 6.23 Å². The highest BCUT2D eigenvalue weighted by Gasteiger charge is 2.39. The Kier molecular flexibility index (Phi) is 4.49. The molecule has 0 amide bonds. The summed E-state index contributed by atoms with van der Waals surface area (Å²) in [6, 6.07) is 25.1. The van der Waals surface area contributed by atoms with Crippen LogP contribution in [-0.2, 0) is 0 Å². The highest BCUT2D eigenvalue weighted by Crippen LogP contribution is 2.45. The quantitative estimate of drug-likeness (QED) is 0.654. The highest BCUT2D eigenvalue weighted by atomic mass is 16.5. The van der Waals surface area contributed by atoms with Gasteiger partial charge in [0, 0.05) is 11.1 Å². The maximum absolute atomic E-state index is 6.42. The molecule has 5 rings (SSSR count). The number of nitrogens with one attached hydrogen (secondary N) is 1. The Balaban J connectivity index is 1.51. The first-order valence-electron chi connectivity index (χ1n) is 10.0. The van der Waals surface area contributed by atoms with Crippen molar-refractivity contribution in [2.45, 2.75) is 26.1 Å². The van der Waals surface area contributed by atoms with Gasteiger partial charge in [-0.1, -0.05) is 48.0 Å². The van der Waals surface area contributed by atoms with Crippen LogP contribution in [0.15, 0.2) is 78.9 Å². The van der Waals surface area contributed by atoms with Gasteiger partial charge >= 0.3 is 0 Å². The summed E-state index contributed by atoms with van der Waals surface area (Å²) in [7, 11) is 0. The molecule has 4 nitrogen and oxygen atoms in total. The number of benzene rings is 3. The lowest BCUT2D eigenvalue weighted by Crippen LogP contribution is -2.43. The van der Waals surface area contributed by atoms with E-state index in [-0.39, 0.29) is 12.3 Å². The third-order valence-electron chi connectivity index (χ3n) is 5.44. The first kappa shape index (κ1) is 17.8. The molecule has 0 fully saturated rings. The Labute approximate surface area is 171 Å². The van der Waals surface area contributed by atoms with Crippen LogP contribution in [0.1, 0.15) is 41.4 Å². The Morgan fingerprint density at radius 1 is 0.966 bits per heavy atom. The molecule has 2 atom stereocenters. The average Bonchev–Trinajstić information content (AvgIpc) is 3.20. The Hall–Kier alpha value is -3.24. The van der Waals surface area contributed by atoms with Crippen molar-refractivity contribution in [3.63, 3.8) is 0 Å². The van der Waals surface area contributed by atoms with E-state index >= 15 is 0 Å². The molecule has 29 heavy (non-hydrogen) atoms. The summed E-state index contributed by atoms with van der Waals surface area (Å²) in [5.41, 5.74) is 9.34. The molecule has 0 aliphatic carbocycles. The minimum atomic E-state index is -0.202. The predicted molar refractivity (Wildman–Crippen MR) is 114 cm³/mol. The fourth-order valence-corrected chi connectivity index (χ4v) is 3.96. The van der Waals surface area contributed by atoms with Crippen LogP contribution >= 0.6 is 0 Å². The van der Waals surface area contributed by atoms with Crippen LogP contribution in [0, 0.1) is 6.92 Å². The fourth-order valence-electron chi connectivity index (χ4n) is 3.96. The number of hydrogen-bond donors (Lipinski definition) is 1. The van der Waals surface area contributed by atoms with Crippen molar-refractivity contribution in [3.05, 3.63) is 101 Å². The van der Waals surface area contributed by atoms with Crippen LogP contribution in [0.3, 0.4) is 0 Å². The monoisotopic (exact) mass is 384 g/mol. The first-order chi connectivity index (χ1) is 14.2. The fraction of sp³-hybridized carbons (Fsp3) is 0.200. The lowest BCUT2D eigenvalue weighted by Gasteiger charge is -2.39. The van der Waals surface area contributed by atoms with Crippen molar-refractivity contribution >= 4 is 5.70 Å². The topological polar surface area (TPSA) is 33.7 Å². The van der Waals surface area contributed by atoms with Crippen molar-refractivity contribution in [2.24, 2.45) is 0 Å². The number of ether oxygens (including phenoxy) is 2. The smallest absolute Gasteiger partial charge is 0.195 e. The maximum atomic E-state index is 6.42. The van der Waals surface area contributed by atoms with E-state index in [9.17, 15) is 0 Å². The number of fused-ring (bicyclic) bond motifs is 3. The Morgan fingerprint density at radius 2 is 1.72 bits per heavy atom. The number of para-hydroxylation sites is 1. The summed E-state index contributed by atoms with van der Waals surface area (Å²) < 4.78 is 12.0. The van der Waals surface area contributed by atoms with E-state index in [1.54, 1.807) is 0 Å². The Bertz CT molecular complexity index is 1040. The molecule has 0 spiro atoms. The zero-order valence-electron chi connectivity index (χ0n) is 16.6. The minimum absolute atomic E-state index is 0.104. The van der Waals surface area contributed by atoms with Crippen molar-refractivity contribution in [1.29, 1.82) is 0 Å². The third kappa shape index (κ3) is 3.26. The van der Waals surface area contributed by atoms with Gasteiger partial charge in [-0.05, 0) is 55.8 Å². The average molecular weight is 384 g/mol. The molecule has 2 unspecified atom stereocenters. The molecule has 3 aromatic carbocycles. The van der Waals surface area contributed by atoms with Gasteiger partial charge in [-0.3, -0.25) is 0 Å². The summed E-state index contributed by atoms with van der Waals surface area (Å²) in [4.78, 5) is 0. The zero-order chi connectivity index (χ0) is 19.8. The zero-order valence-corrected chi connectivity index (χ0v) is 16.6. The lowest BCUT2D eigenvalue weighted by molar-refractivity contribution is -0.0326. The van der Waals surface area contributed by atoms with E-state index in [1.165, 1.54) is 11.1 Å². The molecule has 2 aliphatic rings. The van der Waals surface area contributed by atoms with Crippen LogP contribution in [0.2, 0.25) is 0 Å². The largest absolute Gasteiger partial charge is 0.494 e. The van der Waals surface area contributed by atoms with Gasteiger partial charge in [0.25, 0.3) is 0 Å². The van der Waals surface area contributed by atoms with E-state index in [0.29, 0.717) is 6.61 Å². The number of aryl methyl sites for hydroxylation is 1. The Morgan fingerprint density at radius 3 is 2.48 bits per heavy atom. The van der Waals surface area contributed by atoms with Gasteiger partial charge in [-0.25, -0.2) is 0 Å². The van der Waals surface area contributed by atoms with E-state index in [2.05, 4.69) is 78.0 Å². The van der Waals surface area contributed by atoms with Crippen molar-refractivity contribution in [3.8, 4) is 11.5 Å². The van der Waals surface area contributed by atoms with Gasteiger partial charge in [0.1, 0.15) is 11.5 Å². The maximum Gasteiger partial charge on any atom is 0.195 e. The second-order valence-corrected chi connectivity index (χ2v) is 7.42. The summed E-state index contributed by atoms with van der Waals surface area (Å²) in [5.74, 6) is 1.82. The first-order valence-corrected chi connectivity index (χ1v) is 10.0. The molecular weight excluding hydrogens is 360 g/mol. The molecule has 146 valence electrons. The van der Waals surface area contributed by atoms with E-state index in [4.69, 9.17) is 9.47 Å². The number of nitrogens with zero attached hydrogens (tertiary/aromatic N) is 1. The normalized spacial score (nSPS) is 20.1.